The van der Waals surface area contributed by atoms with Gasteiger partial charge in [-0.15, -0.1) is 0 Å². The van der Waals surface area contributed by atoms with Gasteiger partial charge in [0.15, 0.2) is 0 Å². The van der Waals surface area contributed by atoms with Crippen LogP contribution in [-0.4, -0.2) is 29.5 Å². The number of hydrogen-bond acceptors (Lipinski definition) is 1. The zero-order valence-electron chi connectivity index (χ0n) is 8.43. The Bertz CT molecular complexity index is 108. The monoisotopic (exact) mass is 178 g/mol. The zero-order chi connectivity index (χ0) is 8.98. The maximum atomic E-state index is 10.5. The van der Waals surface area contributed by atoms with Gasteiger partial charge in [0.1, 0.15) is 0 Å². The van der Waals surface area contributed by atoms with Crippen molar-refractivity contribution in [3.63, 3.8) is 0 Å². The van der Waals surface area contributed by atoms with Gasteiger partial charge in [-0.05, 0) is 0 Å². The molecule has 2 heteroatoms. The third kappa shape index (κ3) is 2.42. The summed E-state index contributed by atoms with van der Waals surface area (Å²) in [4.78, 5) is 10.5. The van der Waals surface area contributed by atoms with Crippen molar-refractivity contribution >= 4 is 6.83 Å². The van der Waals surface area contributed by atoms with Gasteiger partial charge in [0.25, 0.3) is 0 Å². The van der Waals surface area contributed by atoms with Crippen LogP contribution in [-0.2, 0) is 0 Å². The average molecular weight is 178 g/mol. The minimum absolute atomic E-state index is 1.01. The predicted octanol–water partition coefficient (Wildman–Crippen LogP) is 2.92. The van der Waals surface area contributed by atoms with Gasteiger partial charge in [-0.25, -0.2) is 0 Å². The van der Waals surface area contributed by atoms with E-state index in [1.54, 1.807) is 0 Å². The van der Waals surface area contributed by atoms with Gasteiger partial charge in [-0.3, -0.25) is 0 Å². The molecule has 0 aliphatic carbocycles. The van der Waals surface area contributed by atoms with Crippen LogP contribution >= 0.6 is 6.83 Å². The van der Waals surface area contributed by atoms with Crippen LogP contribution in [0.1, 0.15) is 34.1 Å². The first-order valence-corrected chi connectivity index (χ1v) is 7.72. The molecule has 0 atom stereocenters. The summed E-state index contributed by atoms with van der Waals surface area (Å²) in [5.41, 5.74) is 0. The Hall–Kier alpha value is 0.390. The molecule has 0 heterocycles. The molecule has 0 spiro atoms. The molecule has 0 bridgehead atoms. The van der Waals surface area contributed by atoms with E-state index < -0.39 is 6.83 Å². The SMILES string of the molecule is CCCP(O)(CC)(CC)CC. The summed E-state index contributed by atoms with van der Waals surface area (Å²) in [6.07, 6.45) is 5.21. The summed E-state index contributed by atoms with van der Waals surface area (Å²) < 4.78 is 0. The van der Waals surface area contributed by atoms with E-state index in [0.29, 0.717) is 0 Å². The Kier molecular flexibility index (Phi) is 4.00. The molecule has 1 nitrogen and oxygen atoms in total. The molecule has 1 N–H and O–H groups in total. The Morgan fingerprint density at radius 1 is 0.909 bits per heavy atom. The molecule has 0 fully saturated rings. The molecule has 0 aromatic carbocycles. The minimum atomic E-state index is -2.18. The number of hydrogen-bond donors (Lipinski definition) is 1. The standard InChI is InChI=1S/C9H23OP/c1-5-9-11(10,6-2,7-3)8-4/h10H,5-9H2,1-4H3. The molecular weight excluding hydrogens is 155 g/mol. The van der Waals surface area contributed by atoms with E-state index in [-0.39, 0.29) is 0 Å². The van der Waals surface area contributed by atoms with Crippen LogP contribution in [0.25, 0.3) is 0 Å². The summed E-state index contributed by atoms with van der Waals surface area (Å²) in [6, 6.07) is 0. The Labute approximate surface area is 71.2 Å². The third-order valence-corrected chi connectivity index (χ3v) is 9.70. The quantitative estimate of drug-likeness (QED) is 0.642. The van der Waals surface area contributed by atoms with Crippen LogP contribution in [0.3, 0.4) is 0 Å². The molecule has 0 aliphatic rings. The zero-order valence-corrected chi connectivity index (χ0v) is 9.32. The second-order valence-corrected chi connectivity index (χ2v) is 9.74. The summed E-state index contributed by atoms with van der Waals surface area (Å²) in [6.45, 7) is 6.40. The first-order chi connectivity index (χ1) is 5.04. The van der Waals surface area contributed by atoms with Crippen molar-refractivity contribution in [3.8, 4) is 0 Å². The van der Waals surface area contributed by atoms with Gasteiger partial charge < -0.3 is 0 Å². The molecule has 0 aromatic heterocycles. The molecule has 0 saturated heterocycles. The molecule has 0 aromatic rings. The Morgan fingerprint density at radius 3 is 1.36 bits per heavy atom. The van der Waals surface area contributed by atoms with Crippen LogP contribution in [0.5, 0.6) is 0 Å². The normalized spacial score (nSPS) is 15.9. The van der Waals surface area contributed by atoms with Gasteiger partial charge >= 0.3 is 70.5 Å². The van der Waals surface area contributed by atoms with Gasteiger partial charge in [0.2, 0.25) is 0 Å². The van der Waals surface area contributed by atoms with Gasteiger partial charge in [0, 0.05) is 0 Å². The summed E-state index contributed by atoms with van der Waals surface area (Å²) in [7, 11) is 0. The molecule has 0 unspecified atom stereocenters. The molecule has 0 aliphatic heterocycles. The fourth-order valence-electron chi connectivity index (χ4n) is 1.72. The average Bonchev–Trinajstić information content (AvgIpc) is 2.06. The van der Waals surface area contributed by atoms with Crippen molar-refractivity contribution in [2.75, 3.05) is 24.6 Å². The van der Waals surface area contributed by atoms with Crippen molar-refractivity contribution in [2.24, 2.45) is 0 Å². The fourth-order valence-corrected chi connectivity index (χ4v) is 5.16. The van der Waals surface area contributed by atoms with E-state index in [9.17, 15) is 4.89 Å². The van der Waals surface area contributed by atoms with Crippen molar-refractivity contribution in [1.82, 2.24) is 0 Å². The molecule has 0 amide bonds. The third-order valence-electron chi connectivity index (χ3n) is 3.23. The summed E-state index contributed by atoms with van der Waals surface area (Å²) in [5.74, 6) is 0. The second kappa shape index (κ2) is 3.87. The van der Waals surface area contributed by atoms with E-state index in [4.69, 9.17) is 0 Å². The van der Waals surface area contributed by atoms with Crippen LogP contribution in [0.2, 0.25) is 0 Å². The molecule has 70 valence electrons. The fraction of sp³-hybridized carbons (Fsp3) is 1.00. The van der Waals surface area contributed by atoms with Gasteiger partial charge in [-0.1, -0.05) is 0 Å². The first-order valence-electron chi connectivity index (χ1n) is 4.79. The Morgan fingerprint density at radius 2 is 1.27 bits per heavy atom. The van der Waals surface area contributed by atoms with E-state index in [1.165, 1.54) is 0 Å². The van der Waals surface area contributed by atoms with E-state index in [2.05, 4.69) is 27.7 Å². The van der Waals surface area contributed by atoms with Crippen molar-refractivity contribution < 1.29 is 4.89 Å². The van der Waals surface area contributed by atoms with Gasteiger partial charge in [0.05, 0.1) is 0 Å². The predicted molar refractivity (Wildman–Crippen MR) is 55.9 cm³/mol. The van der Waals surface area contributed by atoms with Crippen molar-refractivity contribution in [2.45, 2.75) is 34.1 Å². The molecule has 11 heavy (non-hydrogen) atoms. The van der Waals surface area contributed by atoms with E-state index in [1.807, 2.05) is 0 Å². The van der Waals surface area contributed by atoms with Crippen LogP contribution < -0.4 is 0 Å². The van der Waals surface area contributed by atoms with Crippen molar-refractivity contribution in [1.29, 1.82) is 0 Å². The summed E-state index contributed by atoms with van der Waals surface area (Å²) >= 11 is 0. The van der Waals surface area contributed by atoms with Gasteiger partial charge in [-0.2, -0.15) is 0 Å². The first kappa shape index (κ1) is 11.4. The van der Waals surface area contributed by atoms with E-state index in [0.717, 1.165) is 31.1 Å². The maximum absolute atomic E-state index is 10.5. The van der Waals surface area contributed by atoms with Crippen LogP contribution in [0.4, 0.5) is 0 Å². The Balaban J connectivity index is 4.44. The van der Waals surface area contributed by atoms with Crippen LogP contribution in [0.15, 0.2) is 0 Å². The van der Waals surface area contributed by atoms with Crippen molar-refractivity contribution in [3.05, 3.63) is 0 Å². The molecule has 0 radical (unpaired) electrons. The summed E-state index contributed by atoms with van der Waals surface area (Å²) in [5, 5.41) is 0. The molecular formula is C9H23OP. The van der Waals surface area contributed by atoms with Crippen LogP contribution in [0, 0.1) is 0 Å². The topological polar surface area (TPSA) is 20.2 Å². The second-order valence-electron chi connectivity index (χ2n) is 3.58. The molecule has 0 rings (SSSR count). The number of rotatable bonds is 5. The molecule has 0 saturated carbocycles. The van der Waals surface area contributed by atoms with E-state index >= 15 is 0 Å².